The Morgan fingerprint density at radius 1 is 0.828 bits per heavy atom. The van der Waals surface area contributed by atoms with Crippen molar-refractivity contribution in [3.8, 4) is 17.2 Å². The number of carbonyl (C=O) groups is 1. The van der Waals surface area contributed by atoms with Gasteiger partial charge in [0.1, 0.15) is 12.4 Å². The van der Waals surface area contributed by atoms with Crippen molar-refractivity contribution in [2.45, 2.75) is 6.61 Å². The van der Waals surface area contributed by atoms with Gasteiger partial charge in [0, 0.05) is 5.39 Å². The van der Waals surface area contributed by atoms with Crippen LogP contribution in [0.3, 0.4) is 0 Å². The molecule has 0 radical (unpaired) electrons. The number of ether oxygens (including phenoxy) is 3. The lowest BCUT2D eigenvalue weighted by Gasteiger charge is -2.13. The van der Waals surface area contributed by atoms with Crippen LogP contribution in [0.1, 0.15) is 15.9 Å². The fraction of sp³-hybridized carbons (Fsp3) is 0.0800. The molecule has 144 valence electrons. The van der Waals surface area contributed by atoms with Gasteiger partial charge in [0.25, 0.3) is 0 Å². The molecule has 0 aliphatic rings. The van der Waals surface area contributed by atoms with Gasteiger partial charge in [-0.15, -0.1) is 0 Å². The van der Waals surface area contributed by atoms with Gasteiger partial charge in [-0.05, 0) is 47.3 Å². The van der Waals surface area contributed by atoms with Crippen molar-refractivity contribution in [1.82, 2.24) is 0 Å². The van der Waals surface area contributed by atoms with E-state index in [1.807, 2.05) is 60.7 Å². The van der Waals surface area contributed by atoms with E-state index < -0.39 is 5.97 Å². The molecule has 4 heteroatoms. The Labute approximate surface area is 169 Å². The van der Waals surface area contributed by atoms with Crippen molar-refractivity contribution < 1.29 is 19.0 Å². The molecule has 0 atom stereocenters. The van der Waals surface area contributed by atoms with Gasteiger partial charge in [-0.3, -0.25) is 0 Å². The first-order valence-electron chi connectivity index (χ1n) is 9.29. The number of hydrogen-bond donors (Lipinski definition) is 0. The van der Waals surface area contributed by atoms with E-state index in [0.717, 1.165) is 22.1 Å². The molecule has 0 fully saturated rings. The zero-order valence-electron chi connectivity index (χ0n) is 16.0. The van der Waals surface area contributed by atoms with Crippen LogP contribution in [0.5, 0.6) is 17.2 Å². The third-order valence-electron chi connectivity index (χ3n) is 4.57. The van der Waals surface area contributed by atoms with Gasteiger partial charge in [0.15, 0.2) is 11.5 Å². The Hall–Kier alpha value is -3.79. The van der Waals surface area contributed by atoms with Gasteiger partial charge in [-0.1, -0.05) is 54.6 Å². The van der Waals surface area contributed by atoms with Crippen molar-refractivity contribution in [3.63, 3.8) is 0 Å². The first kappa shape index (κ1) is 18.6. The van der Waals surface area contributed by atoms with E-state index in [-0.39, 0.29) is 0 Å². The lowest BCUT2D eigenvalue weighted by molar-refractivity contribution is 0.0730. The molecule has 4 aromatic carbocycles. The Morgan fingerprint density at radius 3 is 2.28 bits per heavy atom. The Morgan fingerprint density at radius 2 is 1.55 bits per heavy atom. The largest absolute Gasteiger partial charge is 0.492 e. The second kappa shape index (κ2) is 8.48. The molecular formula is C25H20O4. The molecule has 0 N–H and O–H groups in total. The molecule has 0 spiro atoms. The number of esters is 1. The molecule has 0 amide bonds. The SMILES string of the molecule is COc1c(OC(=O)c2ccccc2)ccc2cc(OCc3ccccc3)ccc12. The van der Waals surface area contributed by atoms with Gasteiger partial charge < -0.3 is 14.2 Å². The molecule has 0 heterocycles. The molecule has 0 aromatic heterocycles. The fourth-order valence-electron chi connectivity index (χ4n) is 3.11. The van der Waals surface area contributed by atoms with Crippen LogP contribution in [0.25, 0.3) is 10.8 Å². The van der Waals surface area contributed by atoms with E-state index in [4.69, 9.17) is 14.2 Å². The third-order valence-corrected chi connectivity index (χ3v) is 4.57. The van der Waals surface area contributed by atoms with Crippen LogP contribution in [-0.2, 0) is 6.61 Å². The van der Waals surface area contributed by atoms with Crippen LogP contribution in [0.2, 0.25) is 0 Å². The zero-order valence-corrected chi connectivity index (χ0v) is 16.0. The van der Waals surface area contributed by atoms with Crippen LogP contribution in [0, 0.1) is 0 Å². The zero-order chi connectivity index (χ0) is 20.1. The van der Waals surface area contributed by atoms with Gasteiger partial charge >= 0.3 is 5.97 Å². The van der Waals surface area contributed by atoms with E-state index >= 15 is 0 Å². The first-order valence-corrected chi connectivity index (χ1v) is 9.29. The molecule has 0 unspecified atom stereocenters. The molecule has 29 heavy (non-hydrogen) atoms. The predicted molar refractivity (Wildman–Crippen MR) is 113 cm³/mol. The summed E-state index contributed by atoms with van der Waals surface area (Å²) in [7, 11) is 1.56. The minimum atomic E-state index is -0.425. The Balaban J connectivity index is 1.57. The molecule has 0 saturated carbocycles. The van der Waals surface area contributed by atoms with E-state index in [0.29, 0.717) is 23.7 Å². The minimum Gasteiger partial charge on any atom is -0.492 e. The molecule has 0 aliphatic carbocycles. The van der Waals surface area contributed by atoms with Crippen LogP contribution in [0.15, 0.2) is 91.0 Å². The highest BCUT2D eigenvalue weighted by Gasteiger charge is 2.15. The topological polar surface area (TPSA) is 44.8 Å². The highest BCUT2D eigenvalue weighted by Crippen LogP contribution is 2.37. The van der Waals surface area contributed by atoms with E-state index in [2.05, 4.69) is 0 Å². The highest BCUT2D eigenvalue weighted by atomic mass is 16.6. The second-order valence-electron chi connectivity index (χ2n) is 6.51. The maximum atomic E-state index is 12.4. The third kappa shape index (κ3) is 4.22. The van der Waals surface area contributed by atoms with Crippen molar-refractivity contribution in [2.24, 2.45) is 0 Å². The monoisotopic (exact) mass is 384 g/mol. The maximum absolute atomic E-state index is 12.4. The molecule has 0 saturated heterocycles. The minimum absolute atomic E-state index is 0.381. The van der Waals surface area contributed by atoms with Crippen LogP contribution in [0.4, 0.5) is 0 Å². The normalized spacial score (nSPS) is 10.5. The summed E-state index contributed by atoms with van der Waals surface area (Å²) in [5.74, 6) is 1.23. The first-order chi connectivity index (χ1) is 14.2. The smallest absolute Gasteiger partial charge is 0.343 e. The van der Waals surface area contributed by atoms with Crippen molar-refractivity contribution in [2.75, 3.05) is 7.11 Å². The standard InChI is InChI=1S/C25H20O4/c1-27-24-22-14-13-21(28-17-18-8-4-2-5-9-18)16-20(22)12-15-23(24)29-25(26)19-10-6-3-7-11-19/h2-16H,17H2,1H3. The number of benzene rings is 4. The van der Waals surface area contributed by atoms with Gasteiger partial charge in [0.05, 0.1) is 12.7 Å². The lowest BCUT2D eigenvalue weighted by Crippen LogP contribution is -2.09. The van der Waals surface area contributed by atoms with E-state index in [9.17, 15) is 4.79 Å². The summed E-state index contributed by atoms with van der Waals surface area (Å²) in [6.07, 6.45) is 0. The molecule has 4 nitrogen and oxygen atoms in total. The quantitative estimate of drug-likeness (QED) is 0.318. The Kier molecular flexibility index (Phi) is 5.43. The van der Waals surface area contributed by atoms with Gasteiger partial charge in [-0.2, -0.15) is 0 Å². The molecule has 0 bridgehead atoms. The lowest BCUT2D eigenvalue weighted by atomic mass is 10.1. The average molecular weight is 384 g/mol. The second-order valence-corrected chi connectivity index (χ2v) is 6.51. The predicted octanol–water partition coefficient (Wildman–Crippen LogP) is 5.65. The molecule has 4 aromatic rings. The van der Waals surface area contributed by atoms with Gasteiger partial charge in [0.2, 0.25) is 0 Å². The van der Waals surface area contributed by atoms with E-state index in [1.54, 1.807) is 37.4 Å². The number of methoxy groups -OCH3 is 1. The number of carbonyl (C=O) groups excluding carboxylic acids is 1. The van der Waals surface area contributed by atoms with Crippen LogP contribution in [-0.4, -0.2) is 13.1 Å². The van der Waals surface area contributed by atoms with Gasteiger partial charge in [-0.25, -0.2) is 4.79 Å². The highest BCUT2D eigenvalue weighted by molar-refractivity contribution is 5.95. The summed E-state index contributed by atoms with van der Waals surface area (Å²) in [5, 5.41) is 1.78. The maximum Gasteiger partial charge on any atom is 0.343 e. The summed E-state index contributed by atoms with van der Waals surface area (Å²) in [4.78, 5) is 12.4. The molecule has 0 aliphatic heterocycles. The van der Waals surface area contributed by atoms with Crippen molar-refractivity contribution in [1.29, 1.82) is 0 Å². The summed E-state index contributed by atoms with van der Waals surface area (Å²) in [5.41, 5.74) is 1.59. The number of hydrogen-bond acceptors (Lipinski definition) is 4. The fourth-order valence-corrected chi connectivity index (χ4v) is 3.11. The van der Waals surface area contributed by atoms with Crippen molar-refractivity contribution >= 4 is 16.7 Å². The van der Waals surface area contributed by atoms with E-state index in [1.165, 1.54) is 0 Å². The molecule has 4 rings (SSSR count). The average Bonchev–Trinajstić information content (AvgIpc) is 2.78. The summed E-state index contributed by atoms with van der Waals surface area (Å²) >= 11 is 0. The van der Waals surface area contributed by atoms with Crippen LogP contribution < -0.4 is 14.2 Å². The summed E-state index contributed by atoms with van der Waals surface area (Å²) < 4.78 is 17.0. The number of fused-ring (bicyclic) bond motifs is 1. The summed E-state index contributed by atoms with van der Waals surface area (Å²) in [6, 6.07) is 28.3. The molecular weight excluding hydrogens is 364 g/mol. The van der Waals surface area contributed by atoms with Crippen LogP contribution >= 0.6 is 0 Å². The van der Waals surface area contributed by atoms with Crippen molar-refractivity contribution in [3.05, 3.63) is 102 Å². The Bertz CT molecular complexity index is 1120. The number of rotatable bonds is 6. The summed E-state index contributed by atoms with van der Waals surface area (Å²) in [6.45, 7) is 0.496.